The third-order valence-electron chi connectivity index (χ3n) is 4.32. The number of benzene rings is 1. The van der Waals surface area contributed by atoms with E-state index in [1.54, 1.807) is 14.2 Å². The van der Waals surface area contributed by atoms with Crippen LogP contribution in [0.2, 0.25) is 0 Å². The first-order valence-electron chi connectivity index (χ1n) is 7.33. The van der Waals surface area contributed by atoms with Crippen molar-refractivity contribution in [3.63, 3.8) is 0 Å². The van der Waals surface area contributed by atoms with Gasteiger partial charge in [-0.05, 0) is 18.3 Å². The van der Waals surface area contributed by atoms with Gasteiger partial charge in [-0.15, -0.1) is 0 Å². The van der Waals surface area contributed by atoms with Gasteiger partial charge in [0.2, 0.25) is 0 Å². The summed E-state index contributed by atoms with van der Waals surface area (Å²) < 4.78 is 10.6. The van der Waals surface area contributed by atoms with E-state index in [1.807, 2.05) is 12.1 Å². The van der Waals surface area contributed by atoms with Gasteiger partial charge >= 0.3 is 0 Å². The molecule has 1 aliphatic rings. The van der Waals surface area contributed by atoms with Crippen LogP contribution >= 0.6 is 0 Å². The van der Waals surface area contributed by atoms with Crippen molar-refractivity contribution in [3.8, 4) is 11.5 Å². The van der Waals surface area contributed by atoms with E-state index in [0.717, 1.165) is 12.2 Å². The van der Waals surface area contributed by atoms with Gasteiger partial charge in [0.25, 0.3) is 0 Å². The minimum atomic E-state index is 0.373. The maximum absolute atomic E-state index is 6.08. The molecule has 4 nitrogen and oxygen atoms in total. The molecule has 0 saturated heterocycles. The first-order chi connectivity index (χ1) is 9.58. The van der Waals surface area contributed by atoms with Crippen molar-refractivity contribution in [3.05, 3.63) is 12.1 Å². The monoisotopic (exact) mass is 278 g/mol. The largest absolute Gasteiger partial charge is 0.493 e. The van der Waals surface area contributed by atoms with E-state index < -0.39 is 0 Å². The van der Waals surface area contributed by atoms with E-state index in [9.17, 15) is 0 Å². The van der Waals surface area contributed by atoms with E-state index in [1.165, 1.54) is 32.1 Å². The van der Waals surface area contributed by atoms with Gasteiger partial charge < -0.3 is 20.5 Å². The highest BCUT2D eigenvalue weighted by atomic mass is 16.5. The first kappa shape index (κ1) is 14.8. The van der Waals surface area contributed by atoms with Crippen LogP contribution in [0.1, 0.15) is 39.0 Å². The van der Waals surface area contributed by atoms with Gasteiger partial charge in [0.1, 0.15) is 0 Å². The second-order valence-electron chi connectivity index (χ2n) is 6.02. The van der Waals surface area contributed by atoms with Gasteiger partial charge in [-0.2, -0.15) is 0 Å². The minimum Gasteiger partial charge on any atom is -0.493 e. The van der Waals surface area contributed by atoms with Crippen molar-refractivity contribution in [2.75, 3.05) is 31.8 Å². The molecule has 0 bridgehead atoms. The molecule has 0 atom stereocenters. The zero-order chi connectivity index (χ0) is 14.6. The van der Waals surface area contributed by atoms with Gasteiger partial charge in [-0.3, -0.25) is 0 Å². The Bertz CT molecular complexity index is 454. The average Bonchev–Trinajstić information content (AvgIpc) is 2.46. The Morgan fingerprint density at radius 2 is 1.70 bits per heavy atom. The Hall–Kier alpha value is -1.58. The maximum atomic E-state index is 6.08. The van der Waals surface area contributed by atoms with Crippen LogP contribution in [-0.4, -0.2) is 20.8 Å². The fraction of sp³-hybridized carbons (Fsp3) is 0.625. The SMILES string of the molecule is COc1cc(N)c(NCC2(C)CCCCC2)cc1OC. The van der Waals surface area contributed by atoms with Gasteiger partial charge in [-0.25, -0.2) is 0 Å². The maximum Gasteiger partial charge on any atom is 0.162 e. The summed E-state index contributed by atoms with van der Waals surface area (Å²) in [6.07, 6.45) is 6.60. The molecular weight excluding hydrogens is 252 g/mol. The Kier molecular flexibility index (Phi) is 4.63. The minimum absolute atomic E-state index is 0.373. The number of hydrogen-bond acceptors (Lipinski definition) is 4. The summed E-state index contributed by atoms with van der Waals surface area (Å²) in [4.78, 5) is 0. The molecule has 1 saturated carbocycles. The Morgan fingerprint density at radius 1 is 1.10 bits per heavy atom. The fourth-order valence-electron chi connectivity index (χ4n) is 2.94. The highest BCUT2D eigenvalue weighted by Crippen LogP contribution is 2.38. The number of nitrogens with one attached hydrogen (secondary N) is 1. The number of rotatable bonds is 5. The third kappa shape index (κ3) is 3.30. The highest BCUT2D eigenvalue weighted by Gasteiger charge is 2.26. The number of methoxy groups -OCH3 is 2. The highest BCUT2D eigenvalue weighted by molar-refractivity contribution is 5.72. The van der Waals surface area contributed by atoms with E-state index in [0.29, 0.717) is 22.6 Å². The summed E-state index contributed by atoms with van der Waals surface area (Å²) >= 11 is 0. The average molecular weight is 278 g/mol. The number of anilines is 2. The van der Waals surface area contributed by atoms with Crippen molar-refractivity contribution in [2.24, 2.45) is 5.41 Å². The summed E-state index contributed by atoms with van der Waals surface area (Å²) in [5, 5.41) is 3.49. The van der Waals surface area contributed by atoms with Crippen LogP contribution in [-0.2, 0) is 0 Å². The van der Waals surface area contributed by atoms with Gasteiger partial charge in [0, 0.05) is 18.7 Å². The molecular formula is C16H26N2O2. The molecule has 0 aliphatic heterocycles. The molecule has 0 heterocycles. The Labute approximate surface area is 121 Å². The standard InChI is InChI=1S/C16H26N2O2/c1-16(7-5-4-6-8-16)11-18-13-10-15(20-3)14(19-2)9-12(13)17/h9-10,18H,4-8,11,17H2,1-3H3. The van der Waals surface area contributed by atoms with Crippen molar-refractivity contribution in [1.82, 2.24) is 0 Å². The summed E-state index contributed by atoms with van der Waals surface area (Å²) in [6.45, 7) is 3.31. The van der Waals surface area contributed by atoms with E-state index in [2.05, 4.69) is 12.2 Å². The van der Waals surface area contributed by atoms with E-state index in [4.69, 9.17) is 15.2 Å². The van der Waals surface area contributed by atoms with Crippen LogP contribution in [0.5, 0.6) is 11.5 Å². The van der Waals surface area contributed by atoms with Crippen molar-refractivity contribution >= 4 is 11.4 Å². The van der Waals surface area contributed by atoms with Crippen LogP contribution < -0.4 is 20.5 Å². The molecule has 0 radical (unpaired) electrons. The van der Waals surface area contributed by atoms with Crippen LogP contribution in [0.15, 0.2) is 12.1 Å². The smallest absolute Gasteiger partial charge is 0.162 e. The molecule has 0 unspecified atom stereocenters. The fourth-order valence-corrected chi connectivity index (χ4v) is 2.94. The molecule has 1 fully saturated rings. The van der Waals surface area contributed by atoms with Crippen LogP contribution in [0, 0.1) is 5.41 Å². The topological polar surface area (TPSA) is 56.5 Å². The van der Waals surface area contributed by atoms with Crippen molar-refractivity contribution in [2.45, 2.75) is 39.0 Å². The zero-order valence-corrected chi connectivity index (χ0v) is 12.8. The number of ether oxygens (including phenoxy) is 2. The molecule has 20 heavy (non-hydrogen) atoms. The first-order valence-corrected chi connectivity index (χ1v) is 7.33. The normalized spacial score (nSPS) is 17.6. The molecule has 3 N–H and O–H groups in total. The third-order valence-corrected chi connectivity index (χ3v) is 4.32. The predicted octanol–water partition coefficient (Wildman–Crippen LogP) is 3.67. The Balaban J connectivity index is 2.09. The molecule has 1 aromatic carbocycles. The summed E-state index contributed by atoms with van der Waals surface area (Å²) in [7, 11) is 3.26. The van der Waals surface area contributed by atoms with E-state index in [-0.39, 0.29) is 0 Å². The molecule has 4 heteroatoms. The van der Waals surface area contributed by atoms with Crippen molar-refractivity contribution in [1.29, 1.82) is 0 Å². The molecule has 1 aromatic rings. The number of nitrogens with two attached hydrogens (primary N) is 1. The van der Waals surface area contributed by atoms with Gasteiger partial charge in [0.15, 0.2) is 11.5 Å². The van der Waals surface area contributed by atoms with Crippen LogP contribution in [0.4, 0.5) is 11.4 Å². The second kappa shape index (κ2) is 6.25. The lowest BCUT2D eigenvalue weighted by molar-refractivity contribution is 0.233. The molecule has 112 valence electrons. The van der Waals surface area contributed by atoms with E-state index >= 15 is 0 Å². The molecule has 0 spiro atoms. The molecule has 2 rings (SSSR count). The summed E-state index contributed by atoms with van der Waals surface area (Å²) in [5.41, 5.74) is 8.08. The van der Waals surface area contributed by atoms with Crippen molar-refractivity contribution < 1.29 is 9.47 Å². The lowest BCUT2D eigenvalue weighted by Gasteiger charge is -2.34. The molecule has 0 aromatic heterocycles. The number of hydrogen-bond donors (Lipinski definition) is 2. The summed E-state index contributed by atoms with van der Waals surface area (Å²) in [5.74, 6) is 1.37. The summed E-state index contributed by atoms with van der Waals surface area (Å²) in [6, 6.07) is 3.73. The molecule has 0 amide bonds. The zero-order valence-electron chi connectivity index (χ0n) is 12.8. The quantitative estimate of drug-likeness (QED) is 0.807. The lowest BCUT2D eigenvalue weighted by Crippen LogP contribution is -2.29. The van der Waals surface area contributed by atoms with Crippen LogP contribution in [0.25, 0.3) is 0 Å². The lowest BCUT2D eigenvalue weighted by atomic mass is 9.76. The number of nitrogen functional groups attached to an aromatic ring is 1. The van der Waals surface area contributed by atoms with Gasteiger partial charge in [-0.1, -0.05) is 26.2 Å². The van der Waals surface area contributed by atoms with Gasteiger partial charge in [0.05, 0.1) is 25.6 Å². The Morgan fingerprint density at radius 3 is 2.30 bits per heavy atom. The van der Waals surface area contributed by atoms with Crippen LogP contribution in [0.3, 0.4) is 0 Å². The predicted molar refractivity (Wildman–Crippen MR) is 83.6 cm³/mol. The molecule has 1 aliphatic carbocycles. The second-order valence-corrected chi connectivity index (χ2v) is 6.02.